The van der Waals surface area contributed by atoms with Crippen molar-refractivity contribution in [3.05, 3.63) is 36.0 Å². The molecule has 0 saturated heterocycles. The highest BCUT2D eigenvalue weighted by Gasteiger charge is 2.16. The number of rotatable bonds is 0. The van der Waals surface area contributed by atoms with Crippen LogP contribution in [0.25, 0.3) is 0 Å². The van der Waals surface area contributed by atoms with E-state index in [2.05, 4.69) is 30.4 Å². The molecule has 12 heavy (non-hydrogen) atoms. The van der Waals surface area contributed by atoms with Crippen molar-refractivity contribution in [3.63, 3.8) is 0 Å². The van der Waals surface area contributed by atoms with Crippen LogP contribution in [0.1, 0.15) is 32.1 Å². The summed E-state index contributed by atoms with van der Waals surface area (Å²) in [6, 6.07) is 0. The molecule has 2 aliphatic carbocycles. The second kappa shape index (κ2) is 3.75. The van der Waals surface area contributed by atoms with Crippen molar-refractivity contribution in [3.8, 4) is 0 Å². The zero-order chi connectivity index (χ0) is 8.23. The second-order valence-electron chi connectivity index (χ2n) is 3.73. The monoisotopic (exact) mass is 160 g/mol. The van der Waals surface area contributed by atoms with E-state index in [0.717, 1.165) is 5.92 Å². The average molecular weight is 160 g/mol. The standard InChI is InChI=1S/C12H16/c1-2-4-8-12-10-6-5-9-11(12)7-3-1/h1-4,7,12H,5-6,8-10H2. The van der Waals surface area contributed by atoms with Crippen LogP contribution in [-0.2, 0) is 0 Å². The lowest BCUT2D eigenvalue weighted by atomic mass is 9.81. The van der Waals surface area contributed by atoms with E-state index in [1.807, 2.05) is 0 Å². The van der Waals surface area contributed by atoms with Gasteiger partial charge in [0.25, 0.3) is 0 Å². The van der Waals surface area contributed by atoms with E-state index in [9.17, 15) is 0 Å². The third kappa shape index (κ3) is 1.69. The van der Waals surface area contributed by atoms with E-state index >= 15 is 0 Å². The summed E-state index contributed by atoms with van der Waals surface area (Å²) in [5.41, 5.74) is 1.68. The number of allylic oxidation sites excluding steroid dienone is 6. The zero-order valence-electron chi connectivity index (χ0n) is 7.50. The topological polar surface area (TPSA) is 0 Å². The van der Waals surface area contributed by atoms with E-state index in [1.165, 1.54) is 32.1 Å². The van der Waals surface area contributed by atoms with E-state index in [-0.39, 0.29) is 0 Å². The molecule has 0 bridgehead atoms. The molecule has 0 amide bonds. The Labute approximate surface area is 74.7 Å². The van der Waals surface area contributed by atoms with Crippen molar-refractivity contribution in [2.24, 2.45) is 5.92 Å². The molecule has 0 spiro atoms. The summed E-state index contributed by atoms with van der Waals surface area (Å²) < 4.78 is 0. The molecule has 0 radical (unpaired) electrons. The van der Waals surface area contributed by atoms with Crippen LogP contribution in [-0.4, -0.2) is 0 Å². The molecule has 0 aliphatic heterocycles. The molecular weight excluding hydrogens is 144 g/mol. The minimum Gasteiger partial charge on any atom is -0.0839 e. The number of fused-ring (bicyclic) bond motifs is 1. The summed E-state index contributed by atoms with van der Waals surface area (Å²) in [5.74, 6) is 0.861. The fraction of sp³-hybridized carbons (Fsp3) is 0.500. The predicted molar refractivity (Wildman–Crippen MR) is 52.9 cm³/mol. The molecule has 0 N–H and O–H groups in total. The molecule has 0 nitrogen and oxygen atoms in total. The predicted octanol–water partition coefficient (Wildman–Crippen LogP) is 3.62. The van der Waals surface area contributed by atoms with Gasteiger partial charge in [0.2, 0.25) is 0 Å². The Hall–Kier alpha value is -0.780. The van der Waals surface area contributed by atoms with Gasteiger partial charge < -0.3 is 0 Å². The van der Waals surface area contributed by atoms with Gasteiger partial charge in [-0.05, 0) is 31.6 Å². The first-order valence-corrected chi connectivity index (χ1v) is 4.99. The highest BCUT2D eigenvalue weighted by Crippen LogP contribution is 2.32. The maximum absolute atomic E-state index is 2.33. The third-order valence-electron chi connectivity index (χ3n) is 2.88. The smallest absolute Gasteiger partial charge is 0.0165 e. The molecule has 1 fully saturated rings. The van der Waals surface area contributed by atoms with Gasteiger partial charge in [0.1, 0.15) is 0 Å². The van der Waals surface area contributed by atoms with Crippen molar-refractivity contribution < 1.29 is 0 Å². The van der Waals surface area contributed by atoms with E-state index in [4.69, 9.17) is 0 Å². The first-order valence-electron chi connectivity index (χ1n) is 4.99. The van der Waals surface area contributed by atoms with E-state index in [1.54, 1.807) is 5.57 Å². The van der Waals surface area contributed by atoms with Crippen LogP contribution in [0, 0.1) is 5.92 Å². The maximum atomic E-state index is 2.33. The van der Waals surface area contributed by atoms with Gasteiger partial charge in [0.15, 0.2) is 0 Å². The molecule has 0 aromatic carbocycles. The van der Waals surface area contributed by atoms with Gasteiger partial charge in [-0.15, -0.1) is 0 Å². The van der Waals surface area contributed by atoms with Crippen molar-refractivity contribution in [1.29, 1.82) is 0 Å². The highest BCUT2D eigenvalue weighted by atomic mass is 14.2. The zero-order valence-corrected chi connectivity index (χ0v) is 7.50. The van der Waals surface area contributed by atoms with Gasteiger partial charge in [-0.2, -0.15) is 0 Å². The normalized spacial score (nSPS) is 28.7. The minimum absolute atomic E-state index is 0.861. The van der Waals surface area contributed by atoms with Gasteiger partial charge in [0, 0.05) is 0 Å². The third-order valence-corrected chi connectivity index (χ3v) is 2.88. The molecule has 0 aromatic rings. The summed E-state index contributed by atoms with van der Waals surface area (Å²) in [6.45, 7) is 0. The Morgan fingerprint density at radius 1 is 1.08 bits per heavy atom. The van der Waals surface area contributed by atoms with Gasteiger partial charge in [-0.25, -0.2) is 0 Å². The molecule has 1 atom stereocenters. The van der Waals surface area contributed by atoms with Crippen molar-refractivity contribution in [2.45, 2.75) is 32.1 Å². The van der Waals surface area contributed by atoms with Crippen LogP contribution >= 0.6 is 0 Å². The van der Waals surface area contributed by atoms with E-state index < -0.39 is 0 Å². The minimum atomic E-state index is 0.861. The fourth-order valence-electron chi connectivity index (χ4n) is 2.16. The molecule has 2 aliphatic rings. The van der Waals surface area contributed by atoms with Gasteiger partial charge in [-0.3, -0.25) is 0 Å². The molecule has 1 unspecified atom stereocenters. The summed E-state index contributed by atoms with van der Waals surface area (Å²) in [5, 5.41) is 0. The molecule has 64 valence electrons. The van der Waals surface area contributed by atoms with Crippen molar-refractivity contribution in [2.75, 3.05) is 0 Å². The Balaban J connectivity index is 2.16. The fourth-order valence-corrected chi connectivity index (χ4v) is 2.16. The van der Waals surface area contributed by atoms with Crippen LogP contribution in [0.15, 0.2) is 36.0 Å². The molecule has 2 rings (SSSR count). The van der Waals surface area contributed by atoms with Crippen molar-refractivity contribution >= 4 is 0 Å². The Morgan fingerprint density at radius 3 is 3.08 bits per heavy atom. The highest BCUT2D eigenvalue weighted by molar-refractivity contribution is 5.22. The second-order valence-corrected chi connectivity index (χ2v) is 3.73. The SMILES string of the molecule is C1=CC=C2CCCCC2CC=C1. The summed E-state index contributed by atoms with van der Waals surface area (Å²) in [6.07, 6.45) is 18.0. The van der Waals surface area contributed by atoms with Crippen LogP contribution in [0.3, 0.4) is 0 Å². The molecular formula is C12H16. The molecule has 0 heterocycles. The lowest BCUT2D eigenvalue weighted by Gasteiger charge is -2.24. The number of hydrogen-bond acceptors (Lipinski definition) is 0. The first kappa shape index (κ1) is 7.85. The van der Waals surface area contributed by atoms with Crippen LogP contribution in [0.5, 0.6) is 0 Å². The molecule has 0 heteroatoms. The Kier molecular flexibility index (Phi) is 2.45. The quantitative estimate of drug-likeness (QED) is 0.507. The van der Waals surface area contributed by atoms with Crippen LogP contribution in [0.4, 0.5) is 0 Å². The Morgan fingerprint density at radius 2 is 2.08 bits per heavy atom. The van der Waals surface area contributed by atoms with Crippen molar-refractivity contribution in [1.82, 2.24) is 0 Å². The average Bonchev–Trinajstić information content (AvgIpc) is 2.06. The first-order chi connectivity index (χ1) is 5.97. The van der Waals surface area contributed by atoms with Gasteiger partial charge in [-0.1, -0.05) is 42.4 Å². The number of hydrogen-bond donors (Lipinski definition) is 0. The summed E-state index contributed by atoms with van der Waals surface area (Å²) in [4.78, 5) is 0. The molecule has 1 saturated carbocycles. The summed E-state index contributed by atoms with van der Waals surface area (Å²) >= 11 is 0. The summed E-state index contributed by atoms with van der Waals surface area (Å²) in [7, 11) is 0. The lowest BCUT2D eigenvalue weighted by Crippen LogP contribution is -2.09. The largest absolute Gasteiger partial charge is 0.0839 e. The maximum Gasteiger partial charge on any atom is -0.0165 e. The van der Waals surface area contributed by atoms with Crippen LogP contribution < -0.4 is 0 Å². The van der Waals surface area contributed by atoms with Crippen LogP contribution in [0.2, 0.25) is 0 Å². The molecule has 0 aromatic heterocycles. The van der Waals surface area contributed by atoms with Gasteiger partial charge >= 0.3 is 0 Å². The van der Waals surface area contributed by atoms with Gasteiger partial charge in [0.05, 0.1) is 0 Å². The Bertz CT molecular complexity index is 230. The van der Waals surface area contributed by atoms with E-state index in [0.29, 0.717) is 0 Å². The lowest BCUT2D eigenvalue weighted by molar-refractivity contribution is 0.456.